The largest absolute Gasteiger partial charge is 0.397 e. The SMILES string of the molecule is CN(C)C1CCC2(CC1)CN(c1ccc(Nc3ncc(Cl)c(Nc4ccccc4P(C)C)n3)cc1N)C2. The van der Waals surface area contributed by atoms with Gasteiger partial charge < -0.3 is 26.2 Å². The molecule has 1 saturated heterocycles. The molecule has 4 N–H and O–H groups in total. The third-order valence-electron chi connectivity index (χ3n) is 7.81. The highest BCUT2D eigenvalue weighted by atomic mass is 35.5. The number of rotatable bonds is 7. The molecular weight excluding hydrogens is 501 g/mol. The van der Waals surface area contributed by atoms with Crippen LogP contribution in [0, 0.1) is 5.41 Å². The van der Waals surface area contributed by atoms with E-state index in [0.29, 0.717) is 22.2 Å². The second-order valence-electron chi connectivity index (χ2n) is 10.9. The predicted molar refractivity (Wildman–Crippen MR) is 160 cm³/mol. The summed E-state index contributed by atoms with van der Waals surface area (Å²) in [6, 6.07) is 15.1. The molecule has 0 atom stereocenters. The van der Waals surface area contributed by atoms with Gasteiger partial charge in [0.15, 0.2) is 5.82 Å². The number of nitrogen functional groups attached to an aromatic ring is 1. The van der Waals surface area contributed by atoms with Crippen LogP contribution in [0.3, 0.4) is 0 Å². The number of nitrogens with one attached hydrogen (secondary N) is 2. The van der Waals surface area contributed by atoms with Crippen molar-refractivity contribution in [2.24, 2.45) is 5.41 Å². The average Bonchev–Trinajstić information content (AvgIpc) is 2.85. The van der Waals surface area contributed by atoms with Crippen molar-refractivity contribution >= 4 is 59.3 Å². The Morgan fingerprint density at radius 3 is 2.49 bits per heavy atom. The Morgan fingerprint density at radius 2 is 1.81 bits per heavy atom. The number of para-hydroxylation sites is 1. The van der Waals surface area contributed by atoms with E-state index < -0.39 is 0 Å². The second-order valence-corrected chi connectivity index (χ2v) is 13.6. The number of nitrogens with zero attached hydrogens (tertiary/aromatic N) is 4. The predicted octanol–water partition coefficient (Wildman–Crippen LogP) is 5.88. The first kappa shape index (κ1) is 26.0. The molecule has 0 unspecified atom stereocenters. The summed E-state index contributed by atoms with van der Waals surface area (Å²) >= 11 is 6.43. The van der Waals surface area contributed by atoms with E-state index in [4.69, 9.17) is 17.3 Å². The van der Waals surface area contributed by atoms with E-state index in [-0.39, 0.29) is 7.92 Å². The van der Waals surface area contributed by atoms with Gasteiger partial charge in [-0.2, -0.15) is 4.98 Å². The van der Waals surface area contributed by atoms with Gasteiger partial charge in [0.05, 0.1) is 17.6 Å². The van der Waals surface area contributed by atoms with Crippen LogP contribution in [0.1, 0.15) is 25.7 Å². The standard InChI is InChI=1S/C28H37ClN7P/c1-35(2)20-11-13-28(14-12-20)17-36(18-28)24-10-9-19(15-22(24)30)32-27-31-16-21(29)26(34-27)33-23-7-5-6-8-25(23)37(3)4/h5-10,15-16,20H,11-14,17-18,30H2,1-4H3,(H2,31,32,33,34). The fraction of sp³-hybridized carbons (Fsp3) is 0.429. The zero-order valence-corrected chi connectivity index (χ0v) is 23.8. The van der Waals surface area contributed by atoms with Crippen molar-refractivity contribution in [3.8, 4) is 0 Å². The quantitative estimate of drug-likeness (QED) is 0.256. The summed E-state index contributed by atoms with van der Waals surface area (Å²) < 4.78 is 0. The minimum atomic E-state index is -0.274. The zero-order chi connectivity index (χ0) is 26.2. The van der Waals surface area contributed by atoms with Crippen LogP contribution in [0.5, 0.6) is 0 Å². The maximum Gasteiger partial charge on any atom is 0.229 e. The van der Waals surface area contributed by atoms with Crippen molar-refractivity contribution in [1.29, 1.82) is 0 Å². The maximum atomic E-state index is 6.51. The molecule has 0 radical (unpaired) electrons. The van der Waals surface area contributed by atoms with Crippen LogP contribution in [0.25, 0.3) is 0 Å². The van der Waals surface area contributed by atoms with Crippen LogP contribution in [-0.4, -0.2) is 61.4 Å². The lowest BCUT2D eigenvalue weighted by Gasteiger charge is -2.55. The average molecular weight is 538 g/mol. The Kier molecular flexibility index (Phi) is 7.49. The van der Waals surface area contributed by atoms with Crippen molar-refractivity contribution in [2.75, 3.05) is 61.8 Å². The van der Waals surface area contributed by atoms with Gasteiger partial charge in [-0.25, -0.2) is 4.98 Å². The number of benzene rings is 2. The van der Waals surface area contributed by atoms with Gasteiger partial charge in [0.25, 0.3) is 0 Å². The van der Waals surface area contributed by atoms with Gasteiger partial charge in [-0.3, -0.25) is 0 Å². The molecule has 37 heavy (non-hydrogen) atoms. The lowest BCUT2D eigenvalue weighted by Crippen LogP contribution is -2.59. The summed E-state index contributed by atoms with van der Waals surface area (Å²) in [7, 11) is 4.12. The number of aromatic nitrogens is 2. The number of hydrogen-bond acceptors (Lipinski definition) is 7. The van der Waals surface area contributed by atoms with E-state index >= 15 is 0 Å². The van der Waals surface area contributed by atoms with Crippen LogP contribution in [0.2, 0.25) is 5.02 Å². The highest BCUT2D eigenvalue weighted by Gasteiger charge is 2.45. The summed E-state index contributed by atoms with van der Waals surface area (Å²) in [6.07, 6.45) is 6.81. The number of nitrogens with two attached hydrogens (primary N) is 1. The molecule has 1 spiro atoms. The van der Waals surface area contributed by atoms with Gasteiger partial charge in [-0.1, -0.05) is 37.7 Å². The van der Waals surface area contributed by atoms with Crippen molar-refractivity contribution in [1.82, 2.24) is 14.9 Å². The number of halogens is 1. The van der Waals surface area contributed by atoms with Gasteiger partial charge in [0.2, 0.25) is 5.95 Å². The zero-order valence-electron chi connectivity index (χ0n) is 22.1. The molecule has 0 amide bonds. The van der Waals surface area contributed by atoms with Gasteiger partial charge >= 0.3 is 0 Å². The van der Waals surface area contributed by atoms with Crippen LogP contribution in [0.15, 0.2) is 48.7 Å². The van der Waals surface area contributed by atoms with Gasteiger partial charge in [0.1, 0.15) is 5.02 Å². The highest BCUT2D eigenvalue weighted by molar-refractivity contribution is 7.64. The van der Waals surface area contributed by atoms with Crippen molar-refractivity contribution in [3.05, 3.63) is 53.7 Å². The number of anilines is 6. The number of hydrogen-bond donors (Lipinski definition) is 3. The molecule has 0 bridgehead atoms. The van der Waals surface area contributed by atoms with E-state index in [1.54, 1.807) is 6.20 Å². The smallest absolute Gasteiger partial charge is 0.229 e. The molecule has 196 valence electrons. The lowest BCUT2D eigenvalue weighted by atomic mass is 9.67. The Balaban J connectivity index is 1.24. The molecule has 2 heterocycles. The summed E-state index contributed by atoms with van der Waals surface area (Å²) in [6.45, 7) is 6.65. The van der Waals surface area contributed by atoms with Crippen molar-refractivity contribution in [2.45, 2.75) is 31.7 Å². The first-order valence-corrected chi connectivity index (χ1v) is 15.5. The highest BCUT2D eigenvalue weighted by Crippen LogP contribution is 2.47. The van der Waals surface area contributed by atoms with E-state index in [2.05, 4.69) is 82.1 Å². The van der Waals surface area contributed by atoms with Crippen LogP contribution in [-0.2, 0) is 0 Å². The minimum Gasteiger partial charge on any atom is -0.397 e. The van der Waals surface area contributed by atoms with Crippen LogP contribution < -0.4 is 26.6 Å². The van der Waals surface area contributed by atoms with Gasteiger partial charge in [0, 0.05) is 35.9 Å². The first-order valence-electron chi connectivity index (χ1n) is 12.9. The summed E-state index contributed by atoms with van der Waals surface area (Å²) in [5, 5.41) is 8.42. The topological polar surface area (TPSA) is 82.3 Å². The van der Waals surface area contributed by atoms with Crippen LogP contribution >= 0.6 is 19.5 Å². The van der Waals surface area contributed by atoms with Crippen LogP contribution in [0.4, 0.5) is 34.5 Å². The maximum absolute atomic E-state index is 6.51. The van der Waals surface area contributed by atoms with Crippen molar-refractivity contribution in [3.63, 3.8) is 0 Å². The molecular formula is C28H37ClN7P. The molecule has 1 aliphatic carbocycles. The fourth-order valence-electron chi connectivity index (χ4n) is 5.64. The molecule has 1 aromatic heterocycles. The van der Waals surface area contributed by atoms with E-state index in [9.17, 15) is 0 Å². The van der Waals surface area contributed by atoms with E-state index in [0.717, 1.165) is 41.9 Å². The van der Waals surface area contributed by atoms with E-state index in [1.807, 2.05) is 18.2 Å². The molecule has 2 aromatic carbocycles. The molecule has 1 aliphatic heterocycles. The molecule has 7 nitrogen and oxygen atoms in total. The summed E-state index contributed by atoms with van der Waals surface area (Å²) in [5.74, 6) is 1.04. The van der Waals surface area contributed by atoms with Gasteiger partial charge in [-0.15, -0.1) is 0 Å². The van der Waals surface area contributed by atoms with Crippen molar-refractivity contribution < 1.29 is 0 Å². The third-order valence-corrected chi connectivity index (χ3v) is 9.44. The first-order chi connectivity index (χ1) is 17.7. The Bertz CT molecular complexity index is 1250. The summed E-state index contributed by atoms with van der Waals surface area (Å²) in [5.41, 5.74) is 10.7. The third kappa shape index (κ3) is 5.64. The Morgan fingerprint density at radius 1 is 1.08 bits per heavy atom. The second kappa shape index (κ2) is 10.6. The van der Waals surface area contributed by atoms with Gasteiger partial charge in [-0.05, 0) is 82.7 Å². The van der Waals surface area contributed by atoms with E-state index in [1.165, 1.54) is 31.0 Å². The minimum absolute atomic E-state index is 0.274. The molecule has 2 aliphatic rings. The fourth-order valence-corrected chi connectivity index (χ4v) is 6.78. The Hall–Kier alpha value is -2.60. The molecule has 1 saturated carbocycles. The lowest BCUT2D eigenvalue weighted by molar-refractivity contribution is 0.0889. The molecule has 2 fully saturated rings. The normalized spacial score (nSPS) is 17.3. The Labute approximate surface area is 226 Å². The summed E-state index contributed by atoms with van der Waals surface area (Å²) in [4.78, 5) is 13.8. The molecule has 3 aromatic rings. The monoisotopic (exact) mass is 537 g/mol. The molecule has 5 rings (SSSR count). The molecule has 9 heteroatoms.